The van der Waals surface area contributed by atoms with Crippen LogP contribution in [0.4, 0.5) is 0 Å². The standard InChI is InChI=1S/C38H48N4O/c1-26-21-27(2)23-30(22-26)36-33(16-20-39-17-6-5-7-28-14-18-40-19-15-28)34-24-31(10-13-35(34)41-36)38(3,4)37(43)42-25-29-8-11-32(42)12-9-29/h10,13-15,18-19,21-24,29,32,39,41H,5-9,11-12,16-17,20,25H2,1-4H3. The van der Waals surface area contributed by atoms with Crippen LogP contribution in [0.3, 0.4) is 0 Å². The van der Waals surface area contributed by atoms with Crippen LogP contribution in [0.1, 0.15) is 80.2 Å². The van der Waals surface area contributed by atoms with Crippen molar-refractivity contribution in [2.45, 2.75) is 90.5 Å². The Morgan fingerprint density at radius 2 is 1.67 bits per heavy atom. The molecule has 3 fully saturated rings. The lowest BCUT2D eigenvalue weighted by Gasteiger charge is -2.47. The van der Waals surface area contributed by atoms with Crippen LogP contribution in [0.15, 0.2) is 60.9 Å². The Kier molecular flexibility index (Phi) is 8.72. The van der Waals surface area contributed by atoms with Crippen molar-refractivity contribution in [2.75, 3.05) is 19.6 Å². The molecular formula is C38H48N4O. The van der Waals surface area contributed by atoms with Gasteiger partial charge in [0.25, 0.3) is 0 Å². The fourth-order valence-electron chi connectivity index (χ4n) is 7.53. The minimum Gasteiger partial charge on any atom is -0.354 e. The van der Waals surface area contributed by atoms with Crippen molar-refractivity contribution in [3.8, 4) is 11.3 Å². The summed E-state index contributed by atoms with van der Waals surface area (Å²) in [4.78, 5) is 24.1. The van der Waals surface area contributed by atoms with Crippen molar-refractivity contribution in [2.24, 2.45) is 5.92 Å². The predicted octanol–water partition coefficient (Wildman–Crippen LogP) is 7.68. The second-order valence-electron chi connectivity index (χ2n) is 13.7. The average Bonchev–Trinajstić information content (AvgIpc) is 3.38. The van der Waals surface area contributed by atoms with Crippen LogP contribution in [-0.4, -0.2) is 46.5 Å². The van der Waals surface area contributed by atoms with Gasteiger partial charge in [-0.3, -0.25) is 9.78 Å². The van der Waals surface area contributed by atoms with Crippen LogP contribution >= 0.6 is 0 Å². The van der Waals surface area contributed by atoms with Crippen molar-refractivity contribution >= 4 is 16.8 Å². The second-order valence-corrected chi connectivity index (χ2v) is 13.7. The molecule has 43 heavy (non-hydrogen) atoms. The minimum atomic E-state index is -0.562. The van der Waals surface area contributed by atoms with Gasteiger partial charge >= 0.3 is 0 Å². The van der Waals surface area contributed by atoms with Gasteiger partial charge in [0.05, 0.1) is 5.41 Å². The first kappa shape index (κ1) is 29.6. The Hall–Kier alpha value is -3.44. The van der Waals surface area contributed by atoms with Crippen molar-refractivity contribution in [1.29, 1.82) is 0 Å². The molecule has 226 valence electrons. The van der Waals surface area contributed by atoms with Crippen LogP contribution in [0.2, 0.25) is 0 Å². The molecule has 0 atom stereocenters. The molecule has 5 heteroatoms. The van der Waals surface area contributed by atoms with Crippen LogP contribution in [0.5, 0.6) is 0 Å². The number of pyridine rings is 1. The summed E-state index contributed by atoms with van der Waals surface area (Å²) in [7, 11) is 0. The monoisotopic (exact) mass is 576 g/mol. The van der Waals surface area contributed by atoms with E-state index in [0.29, 0.717) is 17.9 Å². The summed E-state index contributed by atoms with van der Waals surface area (Å²) >= 11 is 0. The molecule has 2 aromatic heterocycles. The van der Waals surface area contributed by atoms with Gasteiger partial charge in [-0.05, 0) is 157 Å². The molecule has 1 amide bonds. The fraction of sp³-hybridized carbons (Fsp3) is 0.474. The van der Waals surface area contributed by atoms with Gasteiger partial charge in [0.15, 0.2) is 0 Å². The van der Waals surface area contributed by atoms with Gasteiger partial charge in [-0.2, -0.15) is 0 Å². The lowest BCUT2D eigenvalue weighted by Crippen LogP contribution is -2.55. The molecule has 3 aliphatic rings. The summed E-state index contributed by atoms with van der Waals surface area (Å²) in [5.74, 6) is 0.980. The molecule has 2 aromatic carbocycles. The number of amides is 1. The van der Waals surface area contributed by atoms with E-state index in [9.17, 15) is 4.79 Å². The number of rotatable bonds is 11. The highest BCUT2D eigenvalue weighted by atomic mass is 16.2. The highest BCUT2D eigenvalue weighted by Crippen LogP contribution is 2.39. The lowest BCUT2D eigenvalue weighted by atomic mass is 9.76. The molecule has 4 aromatic rings. The molecule has 0 radical (unpaired) electrons. The fourth-order valence-corrected chi connectivity index (χ4v) is 7.53. The molecule has 7 rings (SSSR count). The Morgan fingerprint density at radius 1 is 0.930 bits per heavy atom. The molecule has 2 bridgehead atoms. The molecule has 2 saturated heterocycles. The van der Waals surface area contributed by atoms with Gasteiger partial charge in [0, 0.05) is 41.6 Å². The molecule has 4 heterocycles. The van der Waals surface area contributed by atoms with Crippen LogP contribution in [-0.2, 0) is 23.1 Å². The Balaban J connectivity index is 1.22. The maximum absolute atomic E-state index is 14.0. The zero-order chi connectivity index (χ0) is 30.0. The number of nitrogens with one attached hydrogen (secondary N) is 2. The number of carbonyl (C=O) groups excluding carboxylic acids is 1. The lowest BCUT2D eigenvalue weighted by molar-refractivity contribution is -0.144. The summed E-state index contributed by atoms with van der Waals surface area (Å²) < 4.78 is 0. The Bertz CT molecular complexity index is 1540. The van der Waals surface area contributed by atoms with Crippen LogP contribution in [0.25, 0.3) is 22.2 Å². The maximum Gasteiger partial charge on any atom is 0.232 e. The number of aromatic amines is 1. The molecule has 2 aliphatic heterocycles. The molecular weight excluding hydrogens is 528 g/mol. The summed E-state index contributed by atoms with van der Waals surface area (Å²) in [6.07, 6.45) is 13.0. The Labute approximate surface area is 257 Å². The number of hydrogen-bond acceptors (Lipinski definition) is 3. The molecule has 1 aliphatic carbocycles. The minimum absolute atomic E-state index is 0.293. The number of benzene rings is 2. The van der Waals surface area contributed by atoms with E-state index < -0.39 is 5.41 Å². The number of nitrogens with zero attached hydrogens (tertiary/aromatic N) is 2. The number of hydrogen-bond donors (Lipinski definition) is 2. The van der Waals surface area contributed by atoms with E-state index in [4.69, 9.17) is 0 Å². The molecule has 1 saturated carbocycles. The molecule has 0 unspecified atom stereocenters. The third kappa shape index (κ3) is 6.43. The molecule has 5 nitrogen and oxygen atoms in total. The smallest absolute Gasteiger partial charge is 0.232 e. The zero-order valence-corrected chi connectivity index (χ0v) is 26.5. The van der Waals surface area contributed by atoms with Gasteiger partial charge < -0.3 is 15.2 Å². The van der Waals surface area contributed by atoms with Crippen LogP contribution < -0.4 is 5.32 Å². The number of aromatic nitrogens is 2. The summed E-state index contributed by atoms with van der Waals surface area (Å²) in [5, 5.41) is 4.95. The van der Waals surface area contributed by atoms with Crippen molar-refractivity contribution in [3.05, 3.63) is 88.7 Å². The number of carbonyl (C=O) groups is 1. The van der Waals surface area contributed by atoms with E-state index in [-0.39, 0.29) is 0 Å². The van der Waals surface area contributed by atoms with Crippen LogP contribution in [0, 0.1) is 19.8 Å². The number of unbranched alkanes of at least 4 members (excludes halogenated alkanes) is 1. The first-order chi connectivity index (χ1) is 20.8. The summed E-state index contributed by atoms with van der Waals surface area (Å²) in [6.45, 7) is 11.5. The van der Waals surface area contributed by atoms with E-state index in [1.807, 2.05) is 12.4 Å². The van der Waals surface area contributed by atoms with E-state index in [1.54, 1.807) is 0 Å². The zero-order valence-electron chi connectivity index (χ0n) is 26.5. The van der Waals surface area contributed by atoms with Gasteiger partial charge in [-0.1, -0.05) is 23.3 Å². The maximum atomic E-state index is 14.0. The predicted molar refractivity (Wildman–Crippen MR) is 177 cm³/mol. The van der Waals surface area contributed by atoms with Crippen molar-refractivity contribution in [1.82, 2.24) is 20.2 Å². The number of aryl methyl sites for hydroxylation is 3. The van der Waals surface area contributed by atoms with Gasteiger partial charge in [0.2, 0.25) is 5.91 Å². The molecule has 2 N–H and O–H groups in total. The third-order valence-electron chi connectivity index (χ3n) is 10.0. The van der Waals surface area contributed by atoms with Gasteiger partial charge in [-0.25, -0.2) is 0 Å². The van der Waals surface area contributed by atoms with Crippen molar-refractivity contribution in [3.63, 3.8) is 0 Å². The van der Waals surface area contributed by atoms with E-state index >= 15 is 0 Å². The topological polar surface area (TPSA) is 61.0 Å². The number of piperidine rings is 2. The highest BCUT2D eigenvalue weighted by molar-refractivity contribution is 5.94. The number of H-pyrrole nitrogens is 1. The first-order valence-corrected chi connectivity index (χ1v) is 16.4. The van der Waals surface area contributed by atoms with Gasteiger partial charge in [-0.15, -0.1) is 0 Å². The summed E-state index contributed by atoms with van der Waals surface area (Å²) in [5.41, 5.74) is 9.38. The highest BCUT2D eigenvalue weighted by Gasteiger charge is 2.42. The Morgan fingerprint density at radius 3 is 2.37 bits per heavy atom. The van der Waals surface area contributed by atoms with Crippen molar-refractivity contribution < 1.29 is 4.79 Å². The van der Waals surface area contributed by atoms with E-state index in [2.05, 4.69) is 96.4 Å². The third-order valence-corrected chi connectivity index (χ3v) is 10.0. The quantitative estimate of drug-likeness (QED) is 0.180. The van der Waals surface area contributed by atoms with E-state index in [1.165, 1.54) is 71.0 Å². The first-order valence-electron chi connectivity index (χ1n) is 16.4. The second kappa shape index (κ2) is 12.7. The van der Waals surface area contributed by atoms with Gasteiger partial charge in [0.1, 0.15) is 0 Å². The SMILES string of the molecule is Cc1cc(C)cc(-c2[nH]c3ccc(C(C)(C)C(=O)N4CC5CCC4CC5)cc3c2CCNCCCCc2ccncc2)c1. The summed E-state index contributed by atoms with van der Waals surface area (Å²) in [6, 6.07) is 18.1. The van der Waals surface area contributed by atoms with E-state index in [0.717, 1.165) is 50.0 Å². The largest absolute Gasteiger partial charge is 0.354 e. The number of fused-ring (bicyclic) bond motifs is 4. The average molecular weight is 577 g/mol. The molecule has 0 spiro atoms. The normalized spacial score (nSPS) is 18.5.